The van der Waals surface area contributed by atoms with E-state index in [9.17, 15) is 4.79 Å². The quantitative estimate of drug-likeness (QED) is 0.712. The highest BCUT2D eigenvalue weighted by Gasteiger charge is 2.09. The van der Waals surface area contributed by atoms with Crippen LogP contribution in [-0.2, 0) is 0 Å². The van der Waals surface area contributed by atoms with Crippen molar-refractivity contribution in [3.8, 4) is 0 Å². The van der Waals surface area contributed by atoms with Crippen LogP contribution in [0.25, 0.3) is 10.1 Å². The minimum atomic E-state index is 0.769. The second-order valence-electron chi connectivity index (χ2n) is 3.33. The second kappa shape index (κ2) is 3.48. The van der Waals surface area contributed by atoms with Crippen molar-refractivity contribution >= 4 is 43.6 Å². The highest BCUT2D eigenvalue weighted by molar-refractivity contribution is 9.10. The monoisotopic (exact) mass is 268 g/mol. The third-order valence-electron chi connectivity index (χ3n) is 2.38. The summed E-state index contributed by atoms with van der Waals surface area (Å²) in [5, 5.41) is 1.14. The molecule has 14 heavy (non-hydrogen) atoms. The maximum atomic E-state index is 10.7. The molecule has 0 N–H and O–H groups in total. The Morgan fingerprint density at radius 1 is 1.29 bits per heavy atom. The van der Waals surface area contributed by atoms with E-state index in [-0.39, 0.29) is 0 Å². The van der Waals surface area contributed by atoms with E-state index >= 15 is 0 Å². The van der Waals surface area contributed by atoms with Crippen LogP contribution in [-0.4, -0.2) is 6.29 Å². The Kier molecular flexibility index (Phi) is 2.45. The Labute approximate surface area is 94.9 Å². The molecule has 3 heteroatoms. The first-order valence-electron chi connectivity index (χ1n) is 4.28. The summed E-state index contributed by atoms with van der Waals surface area (Å²) >= 11 is 4.98. The minimum Gasteiger partial charge on any atom is -0.297 e. The van der Waals surface area contributed by atoms with Gasteiger partial charge in [-0.1, -0.05) is 0 Å². The van der Waals surface area contributed by atoms with E-state index in [1.54, 1.807) is 0 Å². The van der Waals surface area contributed by atoms with Crippen LogP contribution in [0.3, 0.4) is 0 Å². The number of aryl methyl sites for hydroxylation is 2. The van der Waals surface area contributed by atoms with Crippen molar-refractivity contribution in [1.82, 2.24) is 0 Å². The van der Waals surface area contributed by atoms with Crippen LogP contribution in [0.15, 0.2) is 16.6 Å². The summed E-state index contributed by atoms with van der Waals surface area (Å²) in [4.78, 5) is 11.5. The Hall–Kier alpha value is -0.670. The molecule has 0 atom stereocenters. The third kappa shape index (κ3) is 1.41. The lowest BCUT2D eigenvalue weighted by atomic mass is 10.1. The van der Waals surface area contributed by atoms with Gasteiger partial charge in [0.15, 0.2) is 6.29 Å². The zero-order valence-corrected chi connectivity index (χ0v) is 10.3. The molecule has 0 aliphatic carbocycles. The van der Waals surface area contributed by atoms with E-state index < -0.39 is 0 Å². The van der Waals surface area contributed by atoms with Gasteiger partial charge in [-0.2, -0.15) is 0 Å². The lowest BCUT2D eigenvalue weighted by molar-refractivity contribution is 0.112. The standard InChI is InChI=1S/C11H9BrOS/c1-6-3-8-9(4-7(6)2)14-10(5-13)11(8)12/h3-5H,1-2H3. The fourth-order valence-electron chi connectivity index (χ4n) is 1.42. The predicted octanol–water partition coefficient (Wildman–Crippen LogP) is 4.09. The van der Waals surface area contributed by atoms with Crippen LogP contribution < -0.4 is 0 Å². The van der Waals surface area contributed by atoms with Gasteiger partial charge < -0.3 is 0 Å². The van der Waals surface area contributed by atoms with Gasteiger partial charge in [0.1, 0.15) is 0 Å². The summed E-state index contributed by atoms with van der Waals surface area (Å²) < 4.78 is 2.10. The number of halogens is 1. The lowest BCUT2D eigenvalue weighted by Crippen LogP contribution is -1.78. The highest BCUT2D eigenvalue weighted by Crippen LogP contribution is 2.35. The van der Waals surface area contributed by atoms with Crippen molar-refractivity contribution in [2.75, 3.05) is 0 Å². The van der Waals surface area contributed by atoms with Crippen molar-refractivity contribution in [1.29, 1.82) is 0 Å². The number of hydrogen-bond donors (Lipinski definition) is 0. The molecule has 1 heterocycles. The molecule has 2 aromatic rings. The molecular weight excluding hydrogens is 260 g/mol. The topological polar surface area (TPSA) is 17.1 Å². The highest BCUT2D eigenvalue weighted by atomic mass is 79.9. The van der Waals surface area contributed by atoms with Crippen LogP contribution >= 0.6 is 27.3 Å². The fraction of sp³-hybridized carbons (Fsp3) is 0.182. The van der Waals surface area contributed by atoms with Gasteiger partial charge in [-0.15, -0.1) is 11.3 Å². The van der Waals surface area contributed by atoms with Gasteiger partial charge in [-0.05, 0) is 53.0 Å². The largest absolute Gasteiger partial charge is 0.297 e. The number of thiophene rings is 1. The van der Waals surface area contributed by atoms with Crippen LogP contribution in [0.1, 0.15) is 20.8 Å². The summed E-state index contributed by atoms with van der Waals surface area (Å²) in [6, 6.07) is 4.26. The summed E-state index contributed by atoms with van der Waals surface area (Å²) in [6.07, 6.45) is 0.902. The van der Waals surface area contributed by atoms with Gasteiger partial charge >= 0.3 is 0 Å². The van der Waals surface area contributed by atoms with Crippen LogP contribution in [0.5, 0.6) is 0 Å². The van der Waals surface area contributed by atoms with E-state index in [0.717, 1.165) is 21.0 Å². The van der Waals surface area contributed by atoms with E-state index in [2.05, 4.69) is 41.9 Å². The van der Waals surface area contributed by atoms with E-state index in [1.807, 2.05) is 0 Å². The minimum absolute atomic E-state index is 0.769. The number of benzene rings is 1. The SMILES string of the molecule is Cc1cc2sc(C=O)c(Br)c2cc1C. The first-order chi connectivity index (χ1) is 6.63. The molecule has 1 aromatic heterocycles. The second-order valence-corrected chi connectivity index (χ2v) is 5.21. The lowest BCUT2D eigenvalue weighted by Gasteiger charge is -1.99. The van der Waals surface area contributed by atoms with Crippen molar-refractivity contribution in [2.45, 2.75) is 13.8 Å². The van der Waals surface area contributed by atoms with Crippen LogP contribution in [0.2, 0.25) is 0 Å². The maximum absolute atomic E-state index is 10.7. The van der Waals surface area contributed by atoms with Gasteiger partial charge in [0.25, 0.3) is 0 Å². The predicted molar refractivity (Wildman–Crippen MR) is 64.4 cm³/mol. The first-order valence-corrected chi connectivity index (χ1v) is 5.89. The van der Waals surface area contributed by atoms with Crippen molar-refractivity contribution < 1.29 is 4.79 Å². The van der Waals surface area contributed by atoms with Gasteiger partial charge in [0.05, 0.1) is 4.88 Å². The van der Waals surface area contributed by atoms with Crippen molar-refractivity contribution in [2.24, 2.45) is 0 Å². The van der Waals surface area contributed by atoms with Gasteiger partial charge in [-0.3, -0.25) is 4.79 Å². The number of carbonyl (C=O) groups excluding carboxylic acids is 1. The number of aldehydes is 1. The molecule has 1 nitrogen and oxygen atoms in total. The van der Waals surface area contributed by atoms with E-state index in [1.165, 1.54) is 27.2 Å². The first kappa shape index (κ1) is 9.87. The Morgan fingerprint density at radius 3 is 2.57 bits per heavy atom. The van der Waals surface area contributed by atoms with E-state index in [0.29, 0.717) is 0 Å². The molecule has 0 bridgehead atoms. The number of rotatable bonds is 1. The molecule has 0 aliphatic heterocycles. The summed E-state index contributed by atoms with van der Waals surface area (Å²) in [7, 11) is 0. The number of hydrogen-bond acceptors (Lipinski definition) is 2. The molecule has 0 spiro atoms. The molecule has 0 amide bonds. The fourth-order valence-corrected chi connectivity index (χ4v) is 3.20. The molecule has 1 aromatic carbocycles. The summed E-state index contributed by atoms with van der Waals surface area (Å²) in [5.74, 6) is 0. The molecular formula is C11H9BrOS. The molecule has 72 valence electrons. The average Bonchev–Trinajstić information content (AvgIpc) is 2.45. The number of fused-ring (bicyclic) bond motifs is 1. The molecule has 0 fully saturated rings. The van der Waals surface area contributed by atoms with Gasteiger partial charge in [-0.25, -0.2) is 0 Å². The Balaban J connectivity index is 2.86. The summed E-state index contributed by atoms with van der Waals surface area (Å²) in [5.41, 5.74) is 2.53. The van der Waals surface area contributed by atoms with Crippen molar-refractivity contribution in [3.05, 3.63) is 32.6 Å². The molecule has 0 aliphatic rings. The molecule has 0 unspecified atom stereocenters. The maximum Gasteiger partial charge on any atom is 0.161 e. The third-order valence-corrected chi connectivity index (χ3v) is 4.57. The smallest absolute Gasteiger partial charge is 0.161 e. The van der Waals surface area contributed by atoms with Gasteiger partial charge in [0, 0.05) is 14.6 Å². The number of carbonyl (C=O) groups is 1. The van der Waals surface area contributed by atoms with Crippen LogP contribution in [0.4, 0.5) is 0 Å². The Bertz CT molecular complexity index is 513. The van der Waals surface area contributed by atoms with Crippen molar-refractivity contribution in [3.63, 3.8) is 0 Å². The molecule has 2 rings (SSSR count). The average molecular weight is 269 g/mol. The zero-order chi connectivity index (χ0) is 10.3. The summed E-state index contributed by atoms with van der Waals surface area (Å²) in [6.45, 7) is 4.17. The molecule has 0 saturated carbocycles. The van der Waals surface area contributed by atoms with Crippen LogP contribution in [0, 0.1) is 13.8 Å². The molecule has 0 saturated heterocycles. The van der Waals surface area contributed by atoms with Gasteiger partial charge in [0.2, 0.25) is 0 Å². The Morgan fingerprint density at radius 2 is 1.93 bits per heavy atom. The van der Waals surface area contributed by atoms with E-state index in [4.69, 9.17) is 0 Å². The molecule has 0 radical (unpaired) electrons. The normalized spacial score (nSPS) is 10.8. The zero-order valence-electron chi connectivity index (χ0n) is 7.93.